The predicted molar refractivity (Wildman–Crippen MR) is 82.4 cm³/mol. The minimum absolute atomic E-state index is 0.0258. The van der Waals surface area contributed by atoms with Gasteiger partial charge in [-0.2, -0.15) is 4.31 Å². The van der Waals surface area contributed by atoms with Crippen molar-refractivity contribution in [1.29, 1.82) is 0 Å². The van der Waals surface area contributed by atoms with Gasteiger partial charge in [0.2, 0.25) is 10.0 Å². The number of hydrogen-bond donors (Lipinski definition) is 2. The number of rotatable bonds is 3. The molecule has 0 radical (unpaired) electrons. The summed E-state index contributed by atoms with van der Waals surface area (Å²) in [5.41, 5.74) is 2.64. The van der Waals surface area contributed by atoms with Crippen LogP contribution in [0.1, 0.15) is 22.5 Å². The number of aliphatic carboxylic acids is 1. The molecule has 0 spiro atoms. The van der Waals surface area contributed by atoms with E-state index in [2.05, 4.69) is 9.97 Å². The second kappa shape index (κ2) is 5.47. The Bertz CT molecular complexity index is 873. The standard InChI is InChI=1S/C15H17N3O4S/c1-9-3-4-10(2)14(5-9)23(21,22)18-7-12-11(16-8-17-12)6-13(18)15(19)20/h3-5,8,13H,6-7H2,1-2H3,(H,16,17)(H,19,20). The maximum Gasteiger partial charge on any atom is 0.322 e. The van der Waals surface area contributed by atoms with E-state index in [9.17, 15) is 18.3 Å². The summed E-state index contributed by atoms with van der Waals surface area (Å²) in [5.74, 6) is -1.17. The number of carboxylic acid groups (broad SMARTS) is 1. The number of imidazole rings is 1. The quantitative estimate of drug-likeness (QED) is 0.878. The van der Waals surface area contributed by atoms with E-state index in [0.29, 0.717) is 17.0 Å². The Morgan fingerprint density at radius 3 is 2.83 bits per heavy atom. The smallest absolute Gasteiger partial charge is 0.322 e. The number of benzene rings is 1. The summed E-state index contributed by atoms with van der Waals surface area (Å²) in [6.07, 6.45) is 1.51. The van der Waals surface area contributed by atoms with Gasteiger partial charge in [0.25, 0.3) is 0 Å². The number of aromatic amines is 1. The van der Waals surface area contributed by atoms with Crippen molar-refractivity contribution in [1.82, 2.24) is 14.3 Å². The highest BCUT2D eigenvalue weighted by Gasteiger charge is 2.41. The van der Waals surface area contributed by atoms with Crippen LogP contribution in [0.15, 0.2) is 29.4 Å². The number of hydrogen-bond acceptors (Lipinski definition) is 4. The summed E-state index contributed by atoms with van der Waals surface area (Å²) in [7, 11) is -3.93. The molecular formula is C15H17N3O4S. The summed E-state index contributed by atoms with van der Waals surface area (Å²) in [6, 6.07) is 3.97. The van der Waals surface area contributed by atoms with Crippen molar-refractivity contribution < 1.29 is 18.3 Å². The summed E-state index contributed by atoms with van der Waals surface area (Å²) in [6.45, 7) is 3.48. The van der Waals surface area contributed by atoms with Crippen molar-refractivity contribution >= 4 is 16.0 Å². The van der Waals surface area contributed by atoms with Crippen LogP contribution in [-0.4, -0.2) is 39.8 Å². The lowest BCUT2D eigenvalue weighted by molar-refractivity contribution is -0.141. The highest BCUT2D eigenvalue weighted by molar-refractivity contribution is 7.89. The number of aromatic nitrogens is 2. The Morgan fingerprint density at radius 1 is 1.39 bits per heavy atom. The van der Waals surface area contributed by atoms with Gasteiger partial charge in [0, 0.05) is 6.42 Å². The molecule has 8 heteroatoms. The zero-order valence-corrected chi connectivity index (χ0v) is 13.6. The molecule has 2 heterocycles. The lowest BCUT2D eigenvalue weighted by Crippen LogP contribution is -2.48. The van der Waals surface area contributed by atoms with E-state index in [1.165, 1.54) is 6.33 Å². The van der Waals surface area contributed by atoms with Gasteiger partial charge in [-0.15, -0.1) is 0 Å². The van der Waals surface area contributed by atoms with Crippen LogP contribution in [0.25, 0.3) is 0 Å². The maximum atomic E-state index is 13.0. The molecule has 1 atom stereocenters. The molecule has 1 aliphatic rings. The van der Waals surface area contributed by atoms with E-state index in [-0.39, 0.29) is 17.9 Å². The molecule has 0 amide bonds. The minimum atomic E-state index is -3.93. The van der Waals surface area contributed by atoms with Crippen LogP contribution in [0.2, 0.25) is 0 Å². The molecule has 1 unspecified atom stereocenters. The molecule has 1 aromatic heterocycles. The molecule has 7 nitrogen and oxygen atoms in total. The van der Waals surface area contributed by atoms with Crippen molar-refractivity contribution in [2.24, 2.45) is 0 Å². The molecule has 1 aliphatic heterocycles. The van der Waals surface area contributed by atoms with Crippen molar-refractivity contribution in [3.8, 4) is 0 Å². The van der Waals surface area contributed by atoms with E-state index in [4.69, 9.17) is 0 Å². The molecule has 0 bridgehead atoms. The Morgan fingerprint density at radius 2 is 2.13 bits per heavy atom. The first kappa shape index (κ1) is 15.7. The third kappa shape index (κ3) is 2.64. The number of sulfonamides is 1. The number of fused-ring (bicyclic) bond motifs is 1. The first-order valence-electron chi connectivity index (χ1n) is 7.13. The minimum Gasteiger partial charge on any atom is -0.480 e. The topological polar surface area (TPSA) is 103 Å². The lowest BCUT2D eigenvalue weighted by Gasteiger charge is -2.31. The van der Waals surface area contributed by atoms with Crippen LogP contribution in [0.5, 0.6) is 0 Å². The van der Waals surface area contributed by atoms with E-state index in [0.717, 1.165) is 9.87 Å². The molecule has 2 N–H and O–H groups in total. The second-order valence-corrected chi connectivity index (χ2v) is 7.56. The molecule has 122 valence electrons. The Labute approximate surface area is 134 Å². The van der Waals surface area contributed by atoms with Crippen LogP contribution in [0, 0.1) is 13.8 Å². The van der Waals surface area contributed by atoms with Gasteiger partial charge in [0.05, 0.1) is 29.2 Å². The fraction of sp³-hybridized carbons (Fsp3) is 0.333. The molecule has 0 saturated carbocycles. The van der Waals surface area contributed by atoms with Crippen LogP contribution in [-0.2, 0) is 27.8 Å². The van der Waals surface area contributed by atoms with Gasteiger partial charge < -0.3 is 10.1 Å². The Kier molecular flexibility index (Phi) is 3.73. The number of aryl methyl sites for hydroxylation is 2. The van der Waals surface area contributed by atoms with Crippen molar-refractivity contribution in [2.75, 3.05) is 0 Å². The normalized spacial score (nSPS) is 18.6. The van der Waals surface area contributed by atoms with Gasteiger partial charge in [-0.05, 0) is 31.0 Å². The van der Waals surface area contributed by atoms with E-state index < -0.39 is 22.0 Å². The molecule has 0 saturated heterocycles. The number of carboxylic acids is 1. The average Bonchev–Trinajstić information content (AvgIpc) is 2.95. The zero-order chi connectivity index (χ0) is 16.8. The highest BCUT2D eigenvalue weighted by Crippen LogP contribution is 2.29. The molecule has 1 aromatic carbocycles. The first-order chi connectivity index (χ1) is 10.8. The number of nitrogens with one attached hydrogen (secondary N) is 1. The third-order valence-electron chi connectivity index (χ3n) is 4.07. The fourth-order valence-corrected chi connectivity index (χ4v) is 4.65. The Hall–Kier alpha value is -2.19. The predicted octanol–water partition coefficient (Wildman–Crippen LogP) is 1.23. The number of carbonyl (C=O) groups is 1. The summed E-state index contributed by atoms with van der Waals surface area (Å²) < 4.78 is 27.1. The summed E-state index contributed by atoms with van der Waals surface area (Å²) in [5, 5.41) is 9.46. The average molecular weight is 335 g/mol. The van der Waals surface area contributed by atoms with E-state index >= 15 is 0 Å². The van der Waals surface area contributed by atoms with E-state index in [1.54, 1.807) is 26.0 Å². The Balaban J connectivity index is 2.10. The van der Waals surface area contributed by atoms with Crippen molar-refractivity contribution in [3.05, 3.63) is 47.0 Å². The summed E-state index contributed by atoms with van der Waals surface area (Å²) >= 11 is 0. The maximum absolute atomic E-state index is 13.0. The van der Waals surface area contributed by atoms with E-state index in [1.807, 2.05) is 6.07 Å². The van der Waals surface area contributed by atoms with Crippen LogP contribution < -0.4 is 0 Å². The first-order valence-corrected chi connectivity index (χ1v) is 8.57. The molecule has 3 rings (SSSR count). The fourth-order valence-electron chi connectivity index (χ4n) is 2.79. The second-order valence-electron chi connectivity index (χ2n) is 5.71. The molecule has 2 aromatic rings. The number of nitrogens with zero attached hydrogens (tertiary/aromatic N) is 2. The lowest BCUT2D eigenvalue weighted by atomic mass is 10.1. The van der Waals surface area contributed by atoms with Crippen LogP contribution >= 0.6 is 0 Å². The van der Waals surface area contributed by atoms with Crippen LogP contribution in [0.3, 0.4) is 0 Å². The van der Waals surface area contributed by atoms with Gasteiger partial charge >= 0.3 is 5.97 Å². The molecule has 0 fully saturated rings. The van der Waals surface area contributed by atoms with Gasteiger partial charge in [-0.25, -0.2) is 13.4 Å². The van der Waals surface area contributed by atoms with Gasteiger partial charge in [-0.3, -0.25) is 4.79 Å². The van der Waals surface area contributed by atoms with Gasteiger partial charge in [0.15, 0.2) is 0 Å². The van der Waals surface area contributed by atoms with Gasteiger partial charge in [0.1, 0.15) is 6.04 Å². The molecule has 0 aliphatic carbocycles. The van der Waals surface area contributed by atoms with Crippen molar-refractivity contribution in [2.45, 2.75) is 37.8 Å². The zero-order valence-electron chi connectivity index (χ0n) is 12.8. The largest absolute Gasteiger partial charge is 0.480 e. The highest BCUT2D eigenvalue weighted by atomic mass is 32.2. The molecule has 23 heavy (non-hydrogen) atoms. The third-order valence-corrected chi connectivity index (χ3v) is 6.07. The number of H-pyrrole nitrogens is 1. The summed E-state index contributed by atoms with van der Waals surface area (Å²) in [4.78, 5) is 18.7. The van der Waals surface area contributed by atoms with Crippen LogP contribution in [0.4, 0.5) is 0 Å². The SMILES string of the molecule is Cc1ccc(C)c(S(=O)(=O)N2Cc3[nH]cnc3CC2C(=O)O)c1. The molecular weight excluding hydrogens is 318 g/mol. The van der Waals surface area contributed by atoms with Gasteiger partial charge in [-0.1, -0.05) is 12.1 Å². The van der Waals surface area contributed by atoms with Crippen molar-refractivity contribution in [3.63, 3.8) is 0 Å². The monoisotopic (exact) mass is 335 g/mol.